The summed E-state index contributed by atoms with van der Waals surface area (Å²) in [5.74, 6) is 0.652. The van der Waals surface area contributed by atoms with Crippen LogP contribution in [0.5, 0.6) is 5.75 Å². The first-order valence-corrected chi connectivity index (χ1v) is 8.00. The molecule has 0 saturated carbocycles. The molecular weight excluding hydrogens is 298 g/mol. The van der Waals surface area contributed by atoms with Crippen molar-refractivity contribution in [2.24, 2.45) is 0 Å². The standard InChI is InChI=1S/C17H26BClO3/c1-15(2,3)11-9-12(14(19)13(10-11)20-8)18-21-16(4,5)17(6,7)22-18/h9-10H,1-8H3. The normalized spacial score (nSPS) is 20.3. The van der Waals surface area contributed by atoms with Crippen LogP contribution >= 0.6 is 11.6 Å². The number of halogens is 1. The van der Waals surface area contributed by atoms with Gasteiger partial charge in [0.1, 0.15) is 5.75 Å². The first-order chi connectivity index (χ1) is 9.89. The molecular formula is C17H26BClO3. The Balaban J connectivity index is 2.52. The molecule has 0 aromatic heterocycles. The molecule has 122 valence electrons. The fourth-order valence-electron chi connectivity index (χ4n) is 2.34. The smallest absolute Gasteiger partial charge is 0.495 e. The molecule has 0 bridgehead atoms. The molecule has 22 heavy (non-hydrogen) atoms. The second-order valence-corrected chi connectivity index (χ2v) is 8.30. The van der Waals surface area contributed by atoms with Crippen LogP contribution in [0.4, 0.5) is 0 Å². The van der Waals surface area contributed by atoms with Gasteiger partial charge in [0.2, 0.25) is 0 Å². The molecule has 0 atom stereocenters. The summed E-state index contributed by atoms with van der Waals surface area (Å²) in [6.45, 7) is 14.6. The van der Waals surface area contributed by atoms with Crippen LogP contribution < -0.4 is 10.2 Å². The van der Waals surface area contributed by atoms with Crippen LogP contribution in [0.3, 0.4) is 0 Å². The van der Waals surface area contributed by atoms with Crippen molar-refractivity contribution in [3.63, 3.8) is 0 Å². The van der Waals surface area contributed by atoms with Gasteiger partial charge in [0.15, 0.2) is 0 Å². The summed E-state index contributed by atoms with van der Waals surface area (Å²) in [4.78, 5) is 0. The lowest BCUT2D eigenvalue weighted by molar-refractivity contribution is 0.00578. The van der Waals surface area contributed by atoms with Crippen LogP contribution in [-0.4, -0.2) is 25.4 Å². The molecule has 1 fully saturated rings. The second kappa shape index (κ2) is 5.43. The lowest BCUT2D eigenvalue weighted by atomic mass is 9.75. The van der Waals surface area contributed by atoms with E-state index >= 15 is 0 Å². The van der Waals surface area contributed by atoms with Gasteiger partial charge in [0.25, 0.3) is 0 Å². The molecule has 5 heteroatoms. The maximum atomic E-state index is 6.51. The minimum absolute atomic E-state index is 0.0176. The van der Waals surface area contributed by atoms with E-state index in [4.69, 9.17) is 25.6 Å². The molecule has 0 amide bonds. The topological polar surface area (TPSA) is 27.7 Å². The minimum atomic E-state index is -0.492. The fraction of sp³-hybridized carbons (Fsp3) is 0.647. The Morgan fingerprint density at radius 1 is 1.05 bits per heavy atom. The van der Waals surface area contributed by atoms with E-state index in [1.165, 1.54) is 0 Å². The first kappa shape index (κ1) is 17.6. The number of benzene rings is 1. The highest BCUT2D eigenvalue weighted by molar-refractivity contribution is 6.66. The zero-order valence-corrected chi connectivity index (χ0v) is 15.6. The van der Waals surface area contributed by atoms with Crippen LogP contribution in [-0.2, 0) is 14.7 Å². The molecule has 0 unspecified atom stereocenters. The van der Waals surface area contributed by atoms with E-state index in [1.54, 1.807) is 7.11 Å². The average molecular weight is 325 g/mol. The van der Waals surface area contributed by atoms with E-state index in [0.717, 1.165) is 11.0 Å². The minimum Gasteiger partial charge on any atom is -0.495 e. The number of methoxy groups -OCH3 is 1. The van der Waals surface area contributed by atoms with Crippen molar-refractivity contribution in [2.75, 3.05) is 7.11 Å². The van der Waals surface area contributed by atoms with Crippen molar-refractivity contribution in [1.29, 1.82) is 0 Å². The van der Waals surface area contributed by atoms with Crippen molar-refractivity contribution in [1.82, 2.24) is 0 Å². The molecule has 1 aromatic rings. The van der Waals surface area contributed by atoms with Crippen LogP contribution in [0.25, 0.3) is 0 Å². The van der Waals surface area contributed by atoms with Crippen molar-refractivity contribution in [2.45, 2.75) is 65.1 Å². The lowest BCUT2D eigenvalue weighted by Crippen LogP contribution is -2.41. The van der Waals surface area contributed by atoms with Gasteiger partial charge in [-0.25, -0.2) is 0 Å². The number of hydrogen-bond donors (Lipinski definition) is 0. The summed E-state index contributed by atoms with van der Waals surface area (Å²) in [7, 11) is 1.13. The van der Waals surface area contributed by atoms with Gasteiger partial charge in [0, 0.05) is 5.46 Å². The van der Waals surface area contributed by atoms with Gasteiger partial charge in [-0.05, 0) is 44.7 Å². The molecule has 1 heterocycles. The monoisotopic (exact) mass is 324 g/mol. The zero-order chi connectivity index (χ0) is 16.9. The summed E-state index contributed by atoms with van der Waals surface area (Å²) >= 11 is 6.51. The third kappa shape index (κ3) is 3.01. The first-order valence-electron chi connectivity index (χ1n) is 7.62. The molecule has 0 aliphatic carbocycles. The highest BCUT2D eigenvalue weighted by atomic mass is 35.5. The number of ether oxygens (including phenoxy) is 1. The fourth-order valence-corrected chi connectivity index (χ4v) is 2.62. The van der Waals surface area contributed by atoms with Gasteiger partial charge in [-0.1, -0.05) is 38.4 Å². The molecule has 3 nitrogen and oxygen atoms in total. The molecule has 2 rings (SSSR count). The van der Waals surface area contributed by atoms with Crippen LogP contribution in [0.15, 0.2) is 12.1 Å². The van der Waals surface area contributed by atoms with Crippen LogP contribution in [0.1, 0.15) is 54.0 Å². The Labute approximate surface area is 139 Å². The van der Waals surface area contributed by atoms with Gasteiger partial charge in [0.05, 0.1) is 23.3 Å². The van der Waals surface area contributed by atoms with Crippen LogP contribution in [0.2, 0.25) is 5.02 Å². The zero-order valence-electron chi connectivity index (χ0n) is 14.8. The molecule has 0 N–H and O–H groups in total. The van der Waals surface area contributed by atoms with Gasteiger partial charge in [-0.15, -0.1) is 0 Å². The molecule has 0 spiro atoms. The summed E-state index contributed by atoms with van der Waals surface area (Å²) in [6, 6.07) is 4.05. The third-order valence-corrected chi connectivity index (χ3v) is 5.06. The Hall–Kier alpha value is -0.705. The molecule has 1 saturated heterocycles. The molecule has 1 aromatic carbocycles. The number of hydrogen-bond acceptors (Lipinski definition) is 3. The molecule has 1 aliphatic heterocycles. The largest absolute Gasteiger partial charge is 0.496 e. The predicted octanol–water partition coefficient (Wildman–Crippen LogP) is 3.95. The van der Waals surface area contributed by atoms with E-state index in [2.05, 4.69) is 26.8 Å². The SMILES string of the molecule is COc1cc(C(C)(C)C)cc(B2OC(C)(C)C(C)(C)O2)c1Cl. The van der Waals surface area contributed by atoms with Gasteiger partial charge in [-0.2, -0.15) is 0 Å². The highest BCUT2D eigenvalue weighted by Crippen LogP contribution is 2.38. The van der Waals surface area contributed by atoms with Crippen molar-refractivity contribution in [3.8, 4) is 5.75 Å². The van der Waals surface area contributed by atoms with E-state index in [1.807, 2.05) is 33.8 Å². The average Bonchev–Trinajstić information content (AvgIpc) is 2.57. The maximum absolute atomic E-state index is 6.51. The Morgan fingerprint density at radius 3 is 1.95 bits per heavy atom. The van der Waals surface area contributed by atoms with E-state index in [0.29, 0.717) is 10.8 Å². The quantitative estimate of drug-likeness (QED) is 0.771. The highest BCUT2D eigenvalue weighted by Gasteiger charge is 2.52. The summed E-state index contributed by atoms with van der Waals surface area (Å²) in [5, 5.41) is 0.550. The predicted molar refractivity (Wildman–Crippen MR) is 92.4 cm³/mol. The van der Waals surface area contributed by atoms with Gasteiger partial charge < -0.3 is 14.0 Å². The van der Waals surface area contributed by atoms with Crippen molar-refractivity contribution in [3.05, 3.63) is 22.7 Å². The third-order valence-electron chi connectivity index (χ3n) is 4.66. The Morgan fingerprint density at radius 2 is 1.55 bits per heavy atom. The number of rotatable bonds is 2. The second-order valence-electron chi connectivity index (χ2n) is 7.92. The van der Waals surface area contributed by atoms with Crippen molar-refractivity contribution >= 4 is 24.2 Å². The van der Waals surface area contributed by atoms with E-state index in [9.17, 15) is 0 Å². The Bertz CT molecular complexity index is 560. The summed E-state index contributed by atoms with van der Waals surface area (Å²) in [5.41, 5.74) is 1.15. The van der Waals surface area contributed by atoms with E-state index < -0.39 is 18.3 Å². The summed E-state index contributed by atoms with van der Waals surface area (Å²) in [6.07, 6.45) is 0. The maximum Gasteiger partial charge on any atom is 0.496 e. The van der Waals surface area contributed by atoms with E-state index in [-0.39, 0.29) is 5.41 Å². The van der Waals surface area contributed by atoms with Crippen LogP contribution in [0, 0.1) is 0 Å². The van der Waals surface area contributed by atoms with Gasteiger partial charge in [-0.3, -0.25) is 0 Å². The van der Waals surface area contributed by atoms with Crippen molar-refractivity contribution < 1.29 is 14.0 Å². The molecule has 1 aliphatic rings. The lowest BCUT2D eigenvalue weighted by Gasteiger charge is -2.32. The van der Waals surface area contributed by atoms with Gasteiger partial charge >= 0.3 is 7.12 Å². The molecule has 0 radical (unpaired) electrons. The Kier molecular flexibility index (Phi) is 4.36. The summed E-state index contributed by atoms with van der Waals surface area (Å²) < 4.78 is 17.7.